The number of fused-ring (bicyclic) bond motifs is 1. The maximum Gasteiger partial charge on any atom is 0.0608 e. The van der Waals surface area contributed by atoms with Gasteiger partial charge in [0.25, 0.3) is 0 Å². The van der Waals surface area contributed by atoms with Crippen LogP contribution in [0.15, 0.2) is 26.9 Å². The molecule has 2 rings (SSSR count). The number of thioether (sulfide) groups is 1. The van der Waals surface area contributed by atoms with E-state index < -0.39 is 0 Å². The third-order valence-electron chi connectivity index (χ3n) is 1.74. The van der Waals surface area contributed by atoms with Crippen LogP contribution in [0.1, 0.15) is 0 Å². The van der Waals surface area contributed by atoms with E-state index in [4.69, 9.17) is 11.6 Å². The molecular formula is C9H6BrClS2. The second-order valence-corrected chi connectivity index (χ2v) is 6.03. The Morgan fingerprint density at radius 1 is 1.38 bits per heavy atom. The fourth-order valence-corrected chi connectivity index (χ4v) is 3.44. The fourth-order valence-electron chi connectivity index (χ4n) is 1.11. The molecular weight excluding hydrogens is 288 g/mol. The summed E-state index contributed by atoms with van der Waals surface area (Å²) in [7, 11) is 0. The summed E-state index contributed by atoms with van der Waals surface area (Å²) in [6.45, 7) is 0. The second-order valence-electron chi connectivity index (χ2n) is 2.57. The van der Waals surface area contributed by atoms with Gasteiger partial charge in [-0.15, -0.1) is 23.1 Å². The van der Waals surface area contributed by atoms with Crippen molar-refractivity contribution in [1.29, 1.82) is 0 Å². The number of halogens is 2. The van der Waals surface area contributed by atoms with E-state index in [-0.39, 0.29) is 0 Å². The Kier molecular flexibility index (Phi) is 2.88. The van der Waals surface area contributed by atoms with Crippen molar-refractivity contribution in [3.63, 3.8) is 0 Å². The van der Waals surface area contributed by atoms with Crippen molar-refractivity contribution in [3.8, 4) is 0 Å². The minimum Gasteiger partial charge on any atom is -0.129 e. The quantitative estimate of drug-likeness (QED) is 0.664. The standard InChI is InChI=1S/C9H6BrClS2/c1-12-9-3-5-2-7(11)6(10)4-8(5)13-9/h2-4H,1H3. The molecule has 4 heteroatoms. The first-order valence-electron chi connectivity index (χ1n) is 3.63. The zero-order valence-corrected chi connectivity index (χ0v) is 10.8. The van der Waals surface area contributed by atoms with E-state index in [1.54, 1.807) is 23.1 Å². The van der Waals surface area contributed by atoms with Gasteiger partial charge in [0.05, 0.1) is 9.23 Å². The molecule has 0 radical (unpaired) electrons. The minimum absolute atomic E-state index is 0.776. The second kappa shape index (κ2) is 3.81. The first-order valence-corrected chi connectivity index (χ1v) is 6.84. The van der Waals surface area contributed by atoms with Crippen molar-refractivity contribution in [2.75, 3.05) is 6.26 Å². The van der Waals surface area contributed by atoms with Crippen molar-refractivity contribution in [2.24, 2.45) is 0 Å². The lowest BCUT2D eigenvalue weighted by molar-refractivity contribution is 1.73. The van der Waals surface area contributed by atoms with Crippen molar-refractivity contribution < 1.29 is 0 Å². The van der Waals surface area contributed by atoms with Crippen LogP contribution in [0, 0.1) is 0 Å². The first kappa shape index (κ1) is 9.84. The lowest BCUT2D eigenvalue weighted by Gasteiger charge is -1.94. The zero-order chi connectivity index (χ0) is 9.42. The molecule has 0 fully saturated rings. The van der Waals surface area contributed by atoms with E-state index in [1.165, 1.54) is 14.3 Å². The van der Waals surface area contributed by atoms with Crippen LogP contribution in [0.5, 0.6) is 0 Å². The molecule has 1 aromatic carbocycles. The van der Waals surface area contributed by atoms with E-state index in [9.17, 15) is 0 Å². The number of thiophene rings is 1. The average Bonchev–Trinajstić information content (AvgIpc) is 2.48. The summed E-state index contributed by atoms with van der Waals surface area (Å²) in [5.74, 6) is 0. The van der Waals surface area contributed by atoms with Crippen molar-refractivity contribution in [3.05, 3.63) is 27.7 Å². The van der Waals surface area contributed by atoms with Crippen molar-refractivity contribution >= 4 is 60.7 Å². The molecule has 13 heavy (non-hydrogen) atoms. The van der Waals surface area contributed by atoms with Gasteiger partial charge in [-0.1, -0.05) is 11.6 Å². The summed E-state index contributed by atoms with van der Waals surface area (Å²) in [5, 5.41) is 2.00. The van der Waals surface area contributed by atoms with Crippen LogP contribution >= 0.6 is 50.6 Å². The van der Waals surface area contributed by atoms with E-state index in [2.05, 4.69) is 34.3 Å². The van der Waals surface area contributed by atoms with Gasteiger partial charge >= 0.3 is 0 Å². The summed E-state index contributed by atoms with van der Waals surface area (Å²) in [4.78, 5) is 0. The Morgan fingerprint density at radius 2 is 2.15 bits per heavy atom. The molecule has 0 spiro atoms. The van der Waals surface area contributed by atoms with Gasteiger partial charge in [-0.2, -0.15) is 0 Å². The Balaban J connectivity index is 2.70. The van der Waals surface area contributed by atoms with E-state index in [0.29, 0.717) is 0 Å². The predicted octanol–water partition coefficient (Wildman–Crippen LogP) is 5.04. The van der Waals surface area contributed by atoms with Gasteiger partial charge in [-0.25, -0.2) is 0 Å². The molecule has 0 amide bonds. The molecule has 1 heterocycles. The highest BCUT2D eigenvalue weighted by molar-refractivity contribution is 9.10. The molecule has 0 atom stereocenters. The molecule has 0 aliphatic carbocycles. The van der Waals surface area contributed by atoms with Gasteiger partial charge in [-0.3, -0.25) is 0 Å². The summed E-state index contributed by atoms with van der Waals surface area (Å²) in [6, 6.07) is 6.24. The SMILES string of the molecule is CSc1cc2cc(Cl)c(Br)cc2s1. The van der Waals surface area contributed by atoms with Gasteiger partial charge in [0.2, 0.25) is 0 Å². The summed E-state index contributed by atoms with van der Waals surface area (Å²) in [5.41, 5.74) is 0. The molecule has 0 unspecified atom stereocenters. The highest BCUT2D eigenvalue weighted by Gasteiger charge is 2.04. The molecule has 0 aliphatic heterocycles. The third-order valence-corrected chi connectivity index (χ3v) is 5.10. The molecule has 2 aromatic rings. The molecule has 0 bridgehead atoms. The summed E-state index contributed by atoms with van der Waals surface area (Å²) < 4.78 is 3.57. The van der Waals surface area contributed by atoms with Gasteiger partial charge in [-0.05, 0) is 45.8 Å². The Bertz CT molecular complexity index is 411. The first-order chi connectivity index (χ1) is 6.20. The smallest absolute Gasteiger partial charge is 0.0608 e. The Morgan fingerprint density at radius 3 is 2.85 bits per heavy atom. The maximum absolute atomic E-state index is 5.99. The summed E-state index contributed by atoms with van der Waals surface area (Å²) >= 11 is 13.0. The predicted molar refractivity (Wildman–Crippen MR) is 66.3 cm³/mol. The normalized spacial score (nSPS) is 11.0. The van der Waals surface area contributed by atoms with Crippen molar-refractivity contribution in [1.82, 2.24) is 0 Å². The maximum atomic E-state index is 5.99. The van der Waals surface area contributed by atoms with Crippen LogP contribution in [0.3, 0.4) is 0 Å². The van der Waals surface area contributed by atoms with E-state index in [0.717, 1.165) is 9.50 Å². The minimum atomic E-state index is 0.776. The summed E-state index contributed by atoms with van der Waals surface area (Å²) in [6.07, 6.45) is 2.08. The number of hydrogen-bond acceptors (Lipinski definition) is 2. The van der Waals surface area contributed by atoms with Crippen LogP contribution in [0.2, 0.25) is 5.02 Å². The van der Waals surface area contributed by atoms with Gasteiger partial charge < -0.3 is 0 Å². The molecule has 0 N–H and O–H groups in total. The Hall–Kier alpha value is 0.300. The highest BCUT2D eigenvalue weighted by atomic mass is 79.9. The lowest BCUT2D eigenvalue weighted by Crippen LogP contribution is -1.67. The van der Waals surface area contributed by atoms with Gasteiger partial charge in [0, 0.05) is 9.17 Å². The number of rotatable bonds is 1. The molecule has 1 aromatic heterocycles. The van der Waals surface area contributed by atoms with Gasteiger partial charge in [0.1, 0.15) is 0 Å². The molecule has 0 nitrogen and oxygen atoms in total. The van der Waals surface area contributed by atoms with Crippen LogP contribution in [0.4, 0.5) is 0 Å². The topological polar surface area (TPSA) is 0 Å². The molecule has 0 saturated heterocycles. The van der Waals surface area contributed by atoms with E-state index >= 15 is 0 Å². The zero-order valence-electron chi connectivity index (χ0n) is 6.80. The monoisotopic (exact) mass is 292 g/mol. The largest absolute Gasteiger partial charge is 0.129 e. The lowest BCUT2D eigenvalue weighted by atomic mass is 10.3. The fraction of sp³-hybridized carbons (Fsp3) is 0.111. The van der Waals surface area contributed by atoms with Crippen LogP contribution in [-0.2, 0) is 0 Å². The Labute approximate surface area is 98.4 Å². The third kappa shape index (κ3) is 1.89. The van der Waals surface area contributed by atoms with Crippen LogP contribution in [0.25, 0.3) is 10.1 Å². The van der Waals surface area contributed by atoms with Crippen molar-refractivity contribution in [2.45, 2.75) is 4.21 Å². The average molecular weight is 294 g/mol. The highest BCUT2D eigenvalue weighted by Crippen LogP contribution is 2.36. The van der Waals surface area contributed by atoms with Gasteiger partial charge in [0.15, 0.2) is 0 Å². The molecule has 0 aliphatic rings. The van der Waals surface area contributed by atoms with Crippen LogP contribution < -0.4 is 0 Å². The van der Waals surface area contributed by atoms with Crippen LogP contribution in [-0.4, -0.2) is 6.26 Å². The number of hydrogen-bond donors (Lipinski definition) is 0. The molecule has 68 valence electrons. The van der Waals surface area contributed by atoms with E-state index in [1.807, 2.05) is 6.07 Å². The molecule has 0 saturated carbocycles. The number of benzene rings is 1.